The minimum Gasteiger partial charge on any atom is -0.481 e. The SMILES string of the molecule is CC[C@H](C)[C@H](NC(=O)[C@H]1Cc2c([nH]c3ccccc23)CN1C(=O)OC(C)(C)C)C(=O)N[C@@H](CC(=O)O)C(=O)O. The van der Waals surface area contributed by atoms with Crippen molar-refractivity contribution in [3.8, 4) is 0 Å². The number of rotatable bonds is 9. The van der Waals surface area contributed by atoms with Crippen molar-refractivity contribution in [2.75, 3.05) is 0 Å². The Morgan fingerprint density at radius 2 is 1.79 bits per heavy atom. The van der Waals surface area contributed by atoms with Gasteiger partial charge in [-0.25, -0.2) is 9.59 Å². The molecule has 0 spiro atoms. The second-order valence-electron chi connectivity index (χ2n) is 10.8. The number of carbonyl (C=O) groups is 5. The van der Waals surface area contributed by atoms with Crippen LogP contribution in [-0.4, -0.2) is 73.7 Å². The fraction of sp³-hybridized carbons (Fsp3) is 0.519. The molecule has 0 aliphatic carbocycles. The largest absolute Gasteiger partial charge is 0.481 e. The molecule has 39 heavy (non-hydrogen) atoms. The Hall–Kier alpha value is -4.09. The van der Waals surface area contributed by atoms with Crippen molar-refractivity contribution >= 4 is 40.7 Å². The number of carboxylic acids is 2. The monoisotopic (exact) mass is 544 g/mol. The van der Waals surface area contributed by atoms with Crippen LogP contribution in [0.15, 0.2) is 24.3 Å². The predicted molar refractivity (Wildman–Crippen MR) is 141 cm³/mol. The molecule has 2 heterocycles. The summed E-state index contributed by atoms with van der Waals surface area (Å²) < 4.78 is 5.58. The highest BCUT2D eigenvalue weighted by molar-refractivity contribution is 5.95. The number of hydrogen-bond acceptors (Lipinski definition) is 6. The first-order valence-electron chi connectivity index (χ1n) is 12.8. The lowest BCUT2D eigenvalue weighted by molar-refractivity contribution is -0.147. The van der Waals surface area contributed by atoms with Gasteiger partial charge in [0.1, 0.15) is 23.7 Å². The van der Waals surface area contributed by atoms with E-state index in [9.17, 15) is 29.1 Å². The van der Waals surface area contributed by atoms with E-state index in [1.54, 1.807) is 34.6 Å². The van der Waals surface area contributed by atoms with Crippen molar-refractivity contribution in [2.24, 2.45) is 5.92 Å². The summed E-state index contributed by atoms with van der Waals surface area (Å²) >= 11 is 0. The summed E-state index contributed by atoms with van der Waals surface area (Å²) in [7, 11) is 0. The van der Waals surface area contributed by atoms with Gasteiger partial charge in [0, 0.05) is 23.0 Å². The Kier molecular flexibility index (Phi) is 8.88. The summed E-state index contributed by atoms with van der Waals surface area (Å²) in [6.07, 6.45) is -0.887. The van der Waals surface area contributed by atoms with Crippen LogP contribution in [0.25, 0.3) is 10.9 Å². The molecule has 3 amide bonds. The van der Waals surface area contributed by atoms with Gasteiger partial charge in [0.15, 0.2) is 0 Å². The smallest absolute Gasteiger partial charge is 0.411 e. The number of aromatic nitrogens is 1. The minimum atomic E-state index is -1.67. The lowest BCUT2D eigenvalue weighted by Crippen LogP contribution is -2.59. The molecule has 0 fully saturated rings. The molecule has 1 aliphatic rings. The number of nitrogens with one attached hydrogen (secondary N) is 3. The van der Waals surface area contributed by atoms with Crippen LogP contribution in [0.3, 0.4) is 0 Å². The number of aromatic amines is 1. The Labute approximate surface area is 226 Å². The quantitative estimate of drug-likeness (QED) is 0.319. The van der Waals surface area contributed by atoms with E-state index in [1.807, 2.05) is 24.3 Å². The number of para-hydroxylation sites is 1. The van der Waals surface area contributed by atoms with E-state index in [0.29, 0.717) is 6.42 Å². The van der Waals surface area contributed by atoms with Gasteiger partial charge in [-0.2, -0.15) is 0 Å². The number of carboxylic acid groups (broad SMARTS) is 2. The third-order valence-corrected chi connectivity index (χ3v) is 6.72. The Bertz CT molecular complexity index is 1260. The summed E-state index contributed by atoms with van der Waals surface area (Å²) in [4.78, 5) is 67.2. The molecule has 0 unspecified atom stereocenters. The highest BCUT2D eigenvalue weighted by Gasteiger charge is 2.40. The molecule has 0 bridgehead atoms. The van der Waals surface area contributed by atoms with Crippen molar-refractivity contribution < 1.29 is 38.9 Å². The number of aliphatic carboxylic acids is 2. The highest BCUT2D eigenvalue weighted by atomic mass is 16.6. The molecular weight excluding hydrogens is 508 g/mol. The number of benzene rings is 1. The van der Waals surface area contributed by atoms with Gasteiger partial charge in [-0.1, -0.05) is 38.5 Å². The first-order chi connectivity index (χ1) is 18.2. The van der Waals surface area contributed by atoms with Gasteiger partial charge in [-0.05, 0) is 38.3 Å². The Balaban J connectivity index is 1.92. The van der Waals surface area contributed by atoms with Gasteiger partial charge in [0.2, 0.25) is 11.8 Å². The van der Waals surface area contributed by atoms with E-state index in [2.05, 4.69) is 15.6 Å². The standard InChI is InChI=1S/C27H36N4O8/c1-6-14(2)22(24(35)29-18(25(36)37)12-21(32)33)30-23(34)20-11-16-15-9-7-8-10-17(15)28-19(16)13-31(20)26(38)39-27(3,4)5/h7-10,14,18,20,22,28H,6,11-13H2,1-5H3,(H,29,35)(H,30,34)(H,32,33)(H,36,37)/t14-,18-,20+,22-/m0/s1. The summed E-state index contributed by atoms with van der Waals surface area (Å²) in [5.41, 5.74) is 1.71. The highest BCUT2D eigenvalue weighted by Crippen LogP contribution is 2.31. The number of amides is 3. The topological polar surface area (TPSA) is 178 Å². The molecule has 1 aromatic carbocycles. The zero-order valence-electron chi connectivity index (χ0n) is 22.7. The molecule has 0 saturated heterocycles. The second kappa shape index (κ2) is 11.7. The molecule has 0 saturated carbocycles. The maximum atomic E-state index is 13.7. The Morgan fingerprint density at radius 1 is 1.13 bits per heavy atom. The van der Waals surface area contributed by atoms with Gasteiger partial charge in [0.05, 0.1) is 13.0 Å². The van der Waals surface area contributed by atoms with E-state index in [-0.39, 0.29) is 13.0 Å². The second-order valence-corrected chi connectivity index (χ2v) is 10.8. The molecule has 12 heteroatoms. The number of nitrogens with zero attached hydrogens (tertiary/aromatic N) is 1. The van der Waals surface area contributed by atoms with Crippen LogP contribution >= 0.6 is 0 Å². The third-order valence-electron chi connectivity index (χ3n) is 6.72. The van der Waals surface area contributed by atoms with Gasteiger partial charge < -0.3 is 30.6 Å². The summed E-state index contributed by atoms with van der Waals surface area (Å²) in [5, 5.41) is 24.2. The number of hydrogen-bond donors (Lipinski definition) is 5. The average molecular weight is 545 g/mol. The molecule has 2 aromatic rings. The van der Waals surface area contributed by atoms with E-state index < -0.39 is 65.9 Å². The van der Waals surface area contributed by atoms with Crippen LogP contribution in [0.2, 0.25) is 0 Å². The van der Waals surface area contributed by atoms with Crippen LogP contribution in [-0.2, 0) is 36.9 Å². The number of carbonyl (C=O) groups excluding carboxylic acids is 3. The van der Waals surface area contributed by atoms with Gasteiger partial charge in [-0.15, -0.1) is 0 Å². The van der Waals surface area contributed by atoms with Gasteiger partial charge in [-0.3, -0.25) is 19.3 Å². The lowest BCUT2D eigenvalue weighted by Gasteiger charge is -2.37. The van der Waals surface area contributed by atoms with Crippen LogP contribution in [0.1, 0.15) is 58.7 Å². The molecule has 12 nitrogen and oxygen atoms in total. The summed E-state index contributed by atoms with van der Waals surface area (Å²) in [5.74, 6) is -4.75. The van der Waals surface area contributed by atoms with Crippen LogP contribution in [0.4, 0.5) is 4.79 Å². The van der Waals surface area contributed by atoms with Crippen molar-refractivity contribution in [2.45, 2.75) is 84.2 Å². The zero-order valence-corrected chi connectivity index (χ0v) is 22.7. The molecule has 1 aromatic heterocycles. The maximum Gasteiger partial charge on any atom is 0.411 e. The molecule has 0 radical (unpaired) electrons. The van der Waals surface area contributed by atoms with Crippen LogP contribution < -0.4 is 10.6 Å². The van der Waals surface area contributed by atoms with Crippen LogP contribution in [0.5, 0.6) is 0 Å². The molecule has 1 aliphatic heterocycles. The number of ether oxygens (including phenoxy) is 1. The first-order valence-corrected chi connectivity index (χ1v) is 12.8. The Morgan fingerprint density at radius 3 is 2.38 bits per heavy atom. The molecule has 4 atom stereocenters. The van der Waals surface area contributed by atoms with Crippen molar-refractivity contribution in [3.63, 3.8) is 0 Å². The van der Waals surface area contributed by atoms with E-state index in [0.717, 1.165) is 22.2 Å². The average Bonchev–Trinajstić information content (AvgIpc) is 3.21. The van der Waals surface area contributed by atoms with Crippen molar-refractivity contribution in [3.05, 3.63) is 35.5 Å². The van der Waals surface area contributed by atoms with E-state index in [1.165, 1.54) is 4.90 Å². The fourth-order valence-corrected chi connectivity index (χ4v) is 4.54. The normalized spacial score (nSPS) is 17.5. The maximum absolute atomic E-state index is 13.7. The van der Waals surface area contributed by atoms with E-state index in [4.69, 9.17) is 9.84 Å². The predicted octanol–water partition coefficient (Wildman–Crippen LogP) is 2.40. The molecule has 3 rings (SSSR count). The third kappa shape index (κ3) is 7.06. The van der Waals surface area contributed by atoms with Crippen molar-refractivity contribution in [1.29, 1.82) is 0 Å². The van der Waals surface area contributed by atoms with E-state index >= 15 is 0 Å². The molecule has 212 valence electrons. The molecular formula is C27H36N4O8. The summed E-state index contributed by atoms with van der Waals surface area (Å²) in [6.45, 7) is 8.75. The first kappa shape index (κ1) is 29.5. The molecule has 5 N–H and O–H groups in total. The summed E-state index contributed by atoms with van der Waals surface area (Å²) in [6, 6.07) is 3.74. The number of H-pyrrole nitrogens is 1. The number of fused-ring (bicyclic) bond motifs is 3. The zero-order chi connectivity index (χ0) is 29.1. The fourth-order valence-electron chi connectivity index (χ4n) is 4.54. The van der Waals surface area contributed by atoms with Gasteiger partial charge in [0.25, 0.3) is 0 Å². The van der Waals surface area contributed by atoms with Gasteiger partial charge >= 0.3 is 18.0 Å². The lowest BCUT2D eigenvalue weighted by atomic mass is 9.94. The minimum absolute atomic E-state index is 0.0803. The van der Waals surface area contributed by atoms with Crippen LogP contribution in [0, 0.1) is 5.92 Å². The van der Waals surface area contributed by atoms with Crippen molar-refractivity contribution in [1.82, 2.24) is 20.5 Å².